The van der Waals surface area contributed by atoms with Crippen LogP contribution >= 0.6 is 11.6 Å². The van der Waals surface area contributed by atoms with Crippen molar-refractivity contribution in [2.75, 3.05) is 19.8 Å². The predicted molar refractivity (Wildman–Crippen MR) is 169 cm³/mol. The molecule has 2 aromatic carbocycles. The molecule has 0 aliphatic rings. The average molecular weight is 598 g/mol. The second kappa shape index (κ2) is 16.0. The van der Waals surface area contributed by atoms with Gasteiger partial charge in [-0.25, -0.2) is 13.6 Å². The SMILES string of the molecule is C=C.CC(N)=NCCCNCc1ccc(-n2cc3cc(-c4cc(CCCC(N)CF)cc(Cl)c4F)[nH]c3nc2=O)cc1. The van der Waals surface area contributed by atoms with Crippen LogP contribution in [0.1, 0.15) is 37.3 Å². The summed E-state index contributed by atoms with van der Waals surface area (Å²) in [6, 6.07) is 12.1. The molecule has 2 heterocycles. The monoisotopic (exact) mass is 597 g/mol. The summed E-state index contributed by atoms with van der Waals surface area (Å²) in [6.07, 6.45) is 4.32. The summed E-state index contributed by atoms with van der Waals surface area (Å²) in [5, 5.41) is 4.00. The van der Waals surface area contributed by atoms with Crippen LogP contribution in [0.25, 0.3) is 28.0 Å². The smallest absolute Gasteiger partial charge is 0.354 e. The number of nitrogens with two attached hydrogens (primary N) is 2. The average Bonchev–Trinajstić information content (AvgIpc) is 3.39. The first-order valence-electron chi connectivity index (χ1n) is 13.7. The Morgan fingerprint density at radius 1 is 1.19 bits per heavy atom. The highest BCUT2D eigenvalue weighted by Crippen LogP contribution is 2.31. The molecule has 0 saturated heterocycles. The highest BCUT2D eigenvalue weighted by Gasteiger charge is 2.16. The first kappa shape index (κ1) is 32.7. The Labute approximate surface area is 249 Å². The number of hydrogen-bond donors (Lipinski definition) is 4. The van der Waals surface area contributed by atoms with E-state index in [1.807, 2.05) is 24.3 Å². The number of H-pyrrole nitrogens is 1. The molecule has 0 radical (unpaired) electrons. The minimum atomic E-state index is -0.577. The van der Waals surface area contributed by atoms with Crippen LogP contribution < -0.4 is 22.5 Å². The number of fused-ring (bicyclic) bond motifs is 1. The summed E-state index contributed by atoms with van der Waals surface area (Å²) in [7, 11) is 0. The number of rotatable bonds is 13. The molecule has 1 unspecified atom stereocenters. The van der Waals surface area contributed by atoms with Gasteiger partial charge in [-0.2, -0.15) is 4.98 Å². The van der Waals surface area contributed by atoms with Crippen LogP contribution in [0.5, 0.6) is 0 Å². The number of aliphatic imine (C=N–C) groups is 1. The standard InChI is InChI=1S/C29H34ClF2N7O.C2H4/c1-18(33)36-11-3-10-35-16-19-6-8-23(9-7-19)39-17-21-14-26(37-28(21)38-29(39)40)24-12-20(13-25(30)27(24)32)4-2-5-22(34)15-31;1-2/h6-9,12-14,17,22,35H,2-5,10-11,15-16,34H2,1H3,(H2,33,36)(H,37,38,40);1-2H2. The second-order valence-electron chi connectivity index (χ2n) is 9.85. The van der Waals surface area contributed by atoms with Crippen LogP contribution in [0.15, 0.2) is 71.6 Å². The maximum Gasteiger partial charge on any atom is 0.354 e. The van der Waals surface area contributed by atoms with Gasteiger partial charge < -0.3 is 21.8 Å². The Morgan fingerprint density at radius 3 is 2.62 bits per heavy atom. The highest BCUT2D eigenvalue weighted by atomic mass is 35.5. The van der Waals surface area contributed by atoms with Gasteiger partial charge in [0.25, 0.3) is 0 Å². The van der Waals surface area contributed by atoms with Crippen molar-refractivity contribution in [1.82, 2.24) is 19.9 Å². The van der Waals surface area contributed by atoms with Crippen LogP contribution in [0, 0.1) is 5.82 Å². The predicted octanol–water partition coefficient (Wildman–Crippen LogP) is 5.45. The fraction of sp³-hybridized carbons (Fsp3) is 0.323. The zero-order chi connectivity index (χ0) is 30.6. The third-order valence-corrected chi connectivity index (χ3v) is 6.82. The van der Waals surface area contributed by atoms with E-state index in [0.29, 0.717) is 60.6 Å². The van der Waals surface area contributed by atoms with Gasteiger partial charge in [-0.1, -0.05) is 23.7 Å². The fourth-order valence-electron chi connectivity index (χ4n) is 4.42. The van der Waals surface area contributed by atoms with Gasteiger partial charge in [-0.15, -0.1) is 13.2 Å². The Bertz CT molecular complexity index is 1550. The van der Waals surface area contributed by atoms with Gasteiger partial charge in [0.2, 0.25) is 0 Å². The summed E-state index contributed by atoms with van der Waals surface area (Å²) >= 11 is 6.19. The van der Waals surface area contributed by atoms with Gasteiger partial charge in [-0.3, -0.25) is 9.56 Å². The molecule has 4 aromatic rings. The lowest BCUT2D eigenvalue weighted by molar-refractivity contribution is 0.407. The minimum Gasteiger partial charge on any atom is -0.388 e. The number of benzene rings is 2. The molecule has 1 atom stereocenters. The molecule has 8 nitrogen and oxygen atoms in total. The van der Waals surface area contributed by atoms with Crippen LogP contribution in [-0.4, -0.2) is 46.2 Å². The molecule has 0 aliphatic heterocycles. The molecule has 0 amide bonds. The minimum absolute atomic E-state index is 0.0118. The number of halogens is 3. The number of nitrogens with zero attached hydrogens (tertiary/aromatic N) is 3. The number of amidine groups is 1. The van der Waals surface area contributed by atoms with Gasteiger partial charge in [0, 0.05) is 36.3 Å². The lowest BCUT2D eigenvalue weighted by Crippen LogP contribution is -2.21. The van der Waals surface area contributed by atoms with Crippen molar-refractivity contribution in [1.29, 1.82) is 0 Å². The summed E-state index contributed by atoms with van der Waals surface area (Å²) in [5.74, 6) is 0.0166. The van der Waals surface area contributed by atoms with Crippen LogP contribution in [-0.2, 0) is 13.0 Å². The van der Waals surface area contributed by atoms with E-state index in [1.165, 1.54) is 4.57 Å². The van der Waals surface area contributed by atoms with Crippen LogP contribution in [0.2, 0.25) is 5.02 Å². The number of hydrogen-bond acceptors (Lipinski definition) is 5. The number of aryl methyl sites for hydroxylation is 1. The molecule has 42 heavy (non-hydrogen) atoms. The molecular weight excluding hydrogens is 560 g/mol. The van der Waals surface area contributed by atoms with Gasteiger partial charge >= 0.3 is 5.69 Å². The molecule has 224 valence electrons. The molecule has 0 spiro atoms. The maximum absolute atomic E-state index is 15.0. The van der Waals surface area contributed by atoms with Crippen LogP contribution in [0.4, 0.5) is 8.78 Å². The van der Waals surface area contributed by atoms with E-state index >= 15 is 4.39 Å². The van der Waals surface area contributed by atoms with Crippen LogP contribution in [0.3, 0.4) is 0 Å². The number of aromatic amines is 1. The molecule has 0 aliphatic carbocycles. The first-order valence-corrected chi connectivity index (χ1v) is 14.1. The zero-order valence-corrected chi connectivity index (χ0v) is 24.6. The third-order valence-electron chi connectivity index (χ3n) is 6.54. The van der Waals surface area contributed by atoms with E-state index in [2.05, 4.69) is 33.4 Å². The number of aromatic nitrogens is 3. The van der Waals surface area contributed by atoms with E-state index in [4.69, 9.17) is 23.1 Å². The van der Waals surface area contributed by atoms with E-state index < -0.39 is 24.2 Å². The Balaban J connectivity index is 0.00000237. The molecule has 0 saturated carbocycles. The molecule has 2 aromatic heterocycles. The Hall–Kier alpha value is -3.86. The quantitative estimate of drug-likeness (QED) is 0.0705. The van der Waals surface area contributed by atoms with Crippen molar-refractivity contribution in [3.8, 4) is 16.9 Å². The Kier molecular flexibility index (Phi) is 12.4. The molecule has 6 N–H and O–H groups in total. The van der Waals surface area contributed by atoms with Gasteiger partial charge in [0.1, 0.15) is 12.3 Å². The van der Waals surface area contributed by atoms with Gasteiger partial charge in [0.15, 0.2) is 5.82 Å². The molecule has 0 fully saturated rings. The lowest BCUT2D eigenvalue weighted by atomic mass is 10.0. The van der Waals surface area contributed by atoms with Gasteiger partial charge in [-0.05, 0) is 80.6 Å². The fourth-order valence-corrected chi connectivity index (χ4v) is 4.66. The topological polar surface area (TPSA) is 127 Å². The number of nitrogens with one attached hydrogen (secondary N) is 2. The van der Waals surface area contributed by atoms with Crippen molar-refractivity contribution >= 4 is 28.5 Å². The lowest BCUT2D eigenvalue weighted by Gasteiger charge is -2.09. The molecular formula is C31H38ClF2N7O. The van der Waals surface area contributed by atoms with Crippen molar-refractivity contribution in [3.05, 3.63) is 94.3 Å². The maximum atomic E-state index is 15.0. The summed E-state index contributed by atoms with van der Waals surface area (Å²) < 4.78 is 29.1. The molecule has 11 heteroatoms. The second-order valence-corrected chi connectivity index (χ2v) is 10.3. The van der Waals surface area contributed by atoms with Crippen molar-refractivity contribution < 1.29 is 8.78 Å². The van der Waals surface area contributed by atoms with Crippen molar-refractivity contribution in [2.45, 2.75) is 45.2 Å². The summed E-state index contributed by atoms with van der Waals surface area (Å²) in [5.41, 5.74) is 14.4. The summed E-state index contributed by atoms with van der Waals surface area (Å²) in [6.45, 7) is 9.39. The van der Waals surface area contributed by atoms with E-state index in [1.54, 1.807) is 31.3 Å². The first-order chi connectivity index (χ1) is 20.2. The van der Waals surface area contributed by atoms with E-state index in [-0.39, 0.29) is 10.6 Å². The third kappa shape index (κ3) is 8.82. The van der Waals surface area contributed by atoms with E-state index in [9.17, 15) is 9.18 Å². The highest BCUT2D eigenvalue weighted by molar-refractivity contribution is 6.31. The van der Waals surface area contributed by atoms with Crippen molar-refractivity contribution in [3.63, 3.8) is 0 Å². The summed E-state index contributed by atoms with van der Waals surface area (Å²) in [4.78, 5) is 24.2. The van der Waals surface area contributed by atoms with Gasteiger partial charge in [0.05, 0.1) is 22.2 Å². The largest absolute Gasteiger partial charge is 0.388 e. The molecule has 4 rings (SSSR count). The normalized spacial score (nSPS) is 12.3. The van der Waals surface area contributed by atoms with E-state index in [0.717, 1.165) is 24.1 Å². The molecule has 0 bridgehead atoms. The zero-order valence-electron chi connectivity index (χ0n) is 23.8. The number of alkyl halides is 1. The van der Waals surface area contributed by atoms with Crippen molar-refractivity contribution in [2.24, 2.45) is 16.5 Å². The Morgan fingerprint density at radius 2 is 1.93 bits per heavy atom.